The lowest BCUT2D eigenvalue weighted by molar-refractivity contribution is -0.141. The molecule has 1 unspecified atom stereocenters. The van der Waals surface area contributed by atoms with E-state index in [2.05, 4.69) is 6.58 Å². The molecular formula is C13H12O2. The summed E-state index contributed by atoms with van der Waals surface area (Å²) >= 11 is 0. The monoisotopic (exact) mass is 200 g/mol. The van der Waals surface area contributed by atoms with Crippen molar-refractivity contribution < 1.29 is 9.53 Å². The first-order chi connectivity index (χ1) is 7.22. The van der Waals surface area contributed by atoms with E-state index in [4.69, 9.17) is 4.74 Å². The Morgan fingerprint density at radius 1 is 1.53 bits per heavy atom. The average molecular weight is 200 g/mol. The van der Waals surface area contributed by atoms with Gasteiger partial charge in [0.15, 0.2) is 0 Å². The summed E-state index contributed by atoms with van der Waals surface area (Å²) in [5, 5.41) is 0. The summed E-state index contributed by atoms with van der Waals surface area (Å²) in [5.74, 6) is -0.388. The summed E-state index contributed by atoms with van der Waals surface area (Å²) in [4.78, 5) is 11.1. The summed E-state index contributed by atoms with van der Waals surface area (Å²) in [6.45, 7) is 5.40. The first-order valence-electron chi connectivity index (χ1n) is 4.83. The van der Waals surface area contributed by atoms with E-state index in [0.717, 1.165) is 16.7 Å². The summed E-state index contributed by atoms with van der Waals surface area (Å²) in [7, 11) is 0. The molecule has 0 N–H and O–H groups in total. The second kappa shape index (κ2) is 3.73. The highest BCUT2D eigenvalue weighted by Gasteiger charge is 2.21. The maximum Gasteiger partial charge on any atom is 0.331 e. The number of esters is 1. The van der Waals surface area contributed by atoms with Crippen molar-refractivity contribution in [2.45, 2.75) is 13.0 Å². The van der Waals surface area contributed by atoms with E-state index >= 15 is 0 Å². The number of carbonyl (C=O) groups is 1. The summed E-state index contributed by atoms with van der Waals surface area (Å²) < 4.78 is 5.22. The van der Waals surface area contributed by atoms with Crippen LogP contribution in [0.4, 0.5) is 0 Å². The van der Waals surface area contributed by atoms with E-state index in [1.165, 1.54) is 6.08 Å². The minimum Gasteiger partial charge on any atom is -0.450 e. The molecule has 76 valence electrons. The number of hydrogen-bond acceptors (Lipinski definition) is 2. The van der Waals surface area contributed by atoms with Gasteiger partial charge in [-0.25, -0.2) is 4.79 Å². The van der Waals surface area contributed by atoms with E-state index in [1.807, 2.05) is 37.3 Å². The van der Waals surface area contributed by atoms with Crippen LogP contribution in [0.1, 0.15) is 22.8 Å². The largest absolute Gasteiger partial charge is 0.450 e. The summed E-state index contributed by atoms with van der Waals surface area (Å²) in [6.07, 6.45) is 4.79. The topological polar surface area (TPSA) is 26.3 Å². The van der Waals surface area contributed by atoms with Crippen molar-refractivity contribution in [1.82, 2.24) is 0 Å². The Balaban J connectivity index is 2.31. The maximum absolute atomic E-state index is 11.1. The Morgan fingerprint density at radius 3 is 3.07 bits per heavy atom. The molecule has 0 amide bonds. The predicted molar refractivity (Wildman–Crippen MR) is 59.2 cm³/mol. The third kappa shape index (κ3) is 1.71. The molecule has 1 aliphatic carbocycles. The third-order valence-electron chi connectivity index (χ3n) is 2.50. The van der Waals surface area contributed by atoms with Gasteiger partial charge >= 0.3 is 5.97 Å². The van der Waals surface area contributed by atoms with E-state index in [9.17, 15) is 4.79 Å². The fourth-order valence-electron chi connectivity index (χ4n) is 1.80. The number of ether oxygens (including phenoxy) is 1. The average Bonchev–Trinajstić information content (AvgIpc) is 2.63. The fraction of sp³-hybridized carbons (Fsp3) is 0.154. The van der Waals surface area contributed by atoms with Gasteiger partial charge in [-0.05, 0) is 24.1 Å². The highest BCUT2D eigenvalue weighted by atomic mass is 16.5. The zero-order valence-electron chi connectivity index (χ0n) is 8.57. The highest BCUT2D eigenvalue weighted by Crippen LogP contribution is 2.33. The van der Waals surface area contributed by atoms with Gasteiger partial charge in [0.1, 0.15) is 6.10 Å². The third-order valence-corrected chi connectivity index (χ3v) is 2.50. The van der Waals surface area contributed by atoms with Gasteiger partial charge in [-0.15, -0.1) is 0 Å². The lowest BCUT2D eigenvalue weighted by Crippen LogP contribution is -2.06. The second-order valence-electron chi connectivity index (χ2n) is 3.50. The summed E-state index contributed by atoms with van der Waals surface area (Å²) in [5.41, 5.74) is 3.34. The van der Waals surface area contributed by atoms with Gasteiger partial charge in [0.25, 0.3) is 0 Å². The van der Waals surface area contributed by atoms with Gasteiger partial charge in [0, 0.05) is 11.6 Å². The number of fused-ring (bicyclic) bond motifs is 1. The molecule has 1 aliphatic rings. The Kier molecular flexibility index (Phi) is 2.42. The first-order valence-corrected chi connectivity index (χ1v) is 4.83. The number of carbonyl (C=O) groups excluding carboxylic acids is 1. The number of rotatable bonds is 2. The van der Waals surface area contributed by atoms with Crippen molar-refractivity contribution >= 4 is 12.0 Å². The van der Waals surface area contributed by atoms with Gasteiger partial charge in [0.2, 0.25) is 0 Å². The Labute approximate surface area is 88.9 Å². The molecule has 15 heavy (non-hydrogen) atoms. The molecule has 0 radical (unpaired) electrons. The molecule has 0 saturated heterocycles. The molecule has 2 nitrogen and oxygen atoms in total. The second-order valence-corrected chi connectivity index (χ2v) is 3.50. The van der Waals surface area contributed by atoms with E-state index in [0.29, 0.717) is 0 Å². The summed E-state index contributed by atoms with van der Waals surface area (Å²) in [6, 6.07) is 6.03. The zero-order valence-corrected chi connectivity index (χ0v) is 8.57. The Morgan fingerprint density at radius 2 is 2.33 bits per heavy atom. The van der Waals surface area contributed by atoms with Crippen LogP contribution in [0.2, 0.25) is 0 Å². The van der Waals surface area contributed by atoms with Crippen LogP contribution in [0.15, 0.2) is 36.9 Å². The minimum atomic E-state index is -0.388. The van der Waals surface area contributed by atoms with Crippen molar-refractivity contribution in [3.05, 3.63) is 53.6 Å². The highest BCUT2D eigenvalue weighted by molar-refractivity contribution is 5.82. The lowest BCUT2D eigenvalue weighted by atomic mass is 10.0. The normalized spacial score (nSPS) is 17.3. The first kappa shape index (κ1) is 9.71. The van der Waals surface area contributed by atoms with Crippen molar-refractivity contribution in [2.75, 3.05) is 0 Å². The zero-order chi connectivity index (χ0) is 10.8. The number of benzene rings is 1. The van der Waals surface area contributed by atoms with Crippen LogP contribution in [0.3, 0.4) is 0 Å². The molecule has 1 atom stereocenters. The van der Waals surface area contributed by atoms with E-state index < -0.39 is 0 Å². The Bertz CT molecular complexity index is 444. The standard InChI is InChI=1S/C13H12O2/c1-3-12(14)15-11-8-7-10-6-4-5-9(2)13(10)11/h3-8,11H,1H2,2H3. The van der Waals surface area contributed by atoms with Crippen LogP contribution in [0.5, 0.6) is 0 Å². The van der Waals surface area contributed by atoms with Crippen molar-refractivity contribution in [1.29, 1.82) is 0 Å². The van der Waals surface area contributed by atoms with Gasteiger partial charge in [-0.1, -0.05) is 30.9 Å². The molecule has 0 saturated carbocycles. The van der Waals surface area contributed by atoms with Crippen molar-refractivity contribution in [3.8, 4) is 0 Å². The fourth-order valence-corrected chi connectivity index (χ4v) is 1.80. The molecule has 0 bridgehead atoms. The molecule has 2 heteroatoms. The molecule has 1 aromatic carbocycles. The number of aryl methyl sites for hydroxylation is 1. The van der Waals surface area contributed by atoms with E-state index in [1.54, 1.807) is 0 Å². The minimum absolute atomic E-state index is 0.258. The molecule has 2 rings (SSSR count). The molecule has 0 spiro atoms. The van der Waals surface area contributed by atoms with Crippen LogP contribution in [0.25, 0.3) is 6.08 Å². The van der Waals surface area contributed by atoms with Gasteiger partial charge < -0.3 is 4.74 Å². The van der Waals surface area contributed by atoms with Crippen LogP contribution in [0, 0.1) is 6.92 Å². The number of hydrogen-bond donors (Lipinski definition) is 0. The predicted octanol–water partition coefficient (Wildman–Crippen LogP) is 2.79. The molecule has 0 fully saturated rings. The maximum atomic E-state index is 11.1. The SMILES string of the molecule is C=CC(=O)OC1C=Cc2cccc(C)c21. The van der Waals surface area contributed by atoms with E-state index in [-0.39, 0.29) is 12.1 Å². The quantitative estimate of drug-likeness (QED) is 0.542. The van der Waals surface area contributed by atoms with Crippen molar-refractivity contribution in [2.24, 2.45) is 0 Å². The van der Waals surface area contributed by atoms with Crippen LogP contribution >= 0.6 is 0 Å². The van der Waals surface area contributed by atoms with Gasteiger partial charge in [0.05, 0.1) is 0 Å². The lowest BCUT2D eigenvalue weighted by Gasteiger charge is -2.13. The van der Waals surface area contributed by atoms with Crippen molar-refractivity contribution in [3.63, 3.8) is 0 Å². The molecular weight excluding hydrogens is 188 g/mol. The van der Waals surface area contributed by atoms with Crippen LogP contribution in [-0.4, -0.2) is 5.97 Å². The molecule has 1 aromatic rings. The van der Waals surface area contributed by atoms with Gasteiger partial charge in [-0.2, -0.15) is 0 Å². The Hall–Kier alpha value is -1.83. The van der Waals surface area contributed by atoms with Crippen LogP contribution < -0.4 is 0 Å². The van der Waals surface area contributed by atoms with Gasteiger partial charge in [-0.3, -0.25) is 0 Å². The molecule has 0 aliphatic heterocycles. The van der Waals surface area contributed by atoms with Crippen LogP contribution in [-0.2, 0) is 9.53 Å². The molecule has 0 aromatic heterocycles. The smallest absolute Gasteiger partial charge is 0.331 e. The molecule has 0 heterocycles.